The summed E-state index contributed by atoms with van der Waals surface area (Å²) in [5.74, 6) is 0. The van der Waals surface area contributed by atoms with Crippen molar-refractivity contribution < 1.29 is 0 Å². The maximum Gasteiger partial charge on any atom is 0.313 e. The topological polar surface area (TPSA) is 65.7 Å². The van der Waals surface area contributed by atoms with E-state index in [9.17, 15) is 9.59 Å². The van der Waals surface area contributed by atoms with Crippen molar-refractivity contribution in [2.45, 2.75) is 34.6 Å². The standard InChI is InChI=1S/C5H6N2O2.C5H12/c1-3-2-6-4(8)5(9)7-3;1-5(2,3)4/h2H,1H3,(H,6,8)(H,7,9);1-4H3. The van der Waals surface area contributed by atoms with Gasteiger partial charge in [0, 0.05) is 11.9 Å². The Kier molecular flexibility index (Phi) is 4.34. The van der Waals surface area contributed by atoms with Gasteiger partial charge < -0.3 is 9.97 Å². The lowest BCUT2D eigenvalue weighted by molar-refractivity contribution is 0.469. The Hall–Kier alpha value is -1.32. The summed E-state index contributed by atoms with van der Waals surface area (Å²) in [7, 11) is 0. The van der Waals surface area contributed by atoms with Crippen LogP contribution in [0.2, 0.25) is 0 Å². The van der Waals surface area contributed by atoms with E-state index in [0.29, 0.717) is 11.1 Å². The van der Waals surface area contributed by atoms with Crippen LogP contribution in [0, 0.1) is 12.3 Å². The first-order valence-electron chi connectivity index (χ1n) is 4.49. The number of hydrogen-bond donors (Lipinski definition) is 2. The first-order valence-corrected chi connectivity index (χ1v) is 4.49. The van der Waals surface area contributed by atoms with Crippen molar-refractivity contribution in [2.75, 3.05) is 0 Å². The Labute approximate surface area is 83.4 Å². The van der Waals surface area contributed by atoms with E-state index in [0.717, 1.165) is 0 Å². The fourth-order valence-corrected chi connectivity index (χ4v) is 0.511. The number of H-pyrrole nitrogens is 2. The summed E-state index contributed by atoms with van der Waals surface area (Å²) in [6.07, 6.45) is 1.45. The van der Waals surface area contributed by atoms with Gasteiger partial charge in [-0.15, -0.1) is 0 Å². The molecule has 0 aromatic carbocycles. The highest BCUT2D eigenvalue weighted by atomic mass is 16.2. The fraction of sp³-hybridized carbons (Fsp3) is 0.600. The second-order valence-corrected chi connectivity index (χ2v) is 4.75. The van der Waals surface area contributed by atoms with Gasteiger partial charge in [0.25, 0.3) is 0 Å². The molecule has 1 rings (SSSR count). The minimum atomic E-state index is -0.611. The lowest BCUT2D eigenvalue weighted by Crippen LogP contribution is -2.29. The van der Waals surface area contributed by atoms with Crippen molar-refractivity contribution in [1.29, 1.82) is 0 Å². The molecular formula is C10H18N2O2. The monoisotopic (exact) mass is 198 g/mol. The third-order valence-electron chi connectivity index (χ3n) is 0.937. The van der Waals surface area contributed by atoms with Crippen LogP contribution in [0.1, 0.15) is 33.4 Å². The van der Waals surface area contributed by atoms with Gasteiger partial charge in [-0.2, -0.15) is 0 Å². The van der Waals surface area contributed by atoms with Crippen LogP contribution in [0.3, 0.4) is 0 Å². The van der Waals surface area contributed by atoms with Crippen LogP contribution >= 0.6 is 0 Å². The Bertz CT molecular complexity index is 376. The maximum absolute atomic E-state index is 10.4. The summed E-state index contributed by atoms with van der Waals surface area (Å²) >= 11 is 0. The largest absolute Gasteiger partial charge is 0.323 e. The molecule has 0 unspecified atom stereocenters. The second kappa shape index (κ2) is 4.79. The smallest absolute Gasteiger partial charge is 0.313 e. The van der Waals surface area contributed by atoms with Gasteiger partial charge in [-0.25, -0.2) is 0 Å². The Balaban J connectivity index is 0.000000292. The molecule has 0 spiro atoms. The summed E-state index contributed by atoms with van der Waals surface area (Å²) in [5.41, 5.74) is -0.0600. The van der Waals surface area contributed by atoms with Crippen LogP contribution in [0.25, 0.3) is 0 Å². The molecule has 0 saturated carbocycles. The molecule has 0 aliphatic rings. The highest BCUT2D eigenvalue weighted by Crippen LogP contribution is 2.07. The van der Waals surface area contributed by atoms with Crippen LogP contribution in [0.15, 0.2) is 15.8 Å². The van der Waals surface area contributed by atoms with Gasteiger partial charge in [-0.3, -0.25) is 9.59 Å². The average molecular weight is 198 g/mol. The number of hydrogen-bond acceptors (Lipinski definition) is 2. The van der Waals surface area contributed by atoms with Crippen molar-refractivity contribution in [1.82, 2.24) is 9.97 Å². The molecule has 2 N–H and O–H groups in total. The Morgan fingerprint density at radius 1 is 1.07 bits per heavy atom. The molecule has 0 aliphatic carbocycles. The highest BCUT2D eigenvalue weighted by molar-refractivity contribution is 4.90. The summed E-state index contributed by atoms with van der Waals surface area (Å²) in [5, 5.41) is 0. The molecule has 80 valence electrons. The zero-order chi connectivity index (χ0) is 11.4. The number of aromatic nitrogens is 2. The molecule has 4 nitrogen and oxygen atoms in total. The van der Waals surface area contributed by atoms with Crippen LogP contribution < -0.4 is 11.1 Å². The third kappa shape index (κ3) is 7.34. The van der Waals surface area contributed by atoms with Gasteiger partial charge >= 0.3 is 11.1 Å². The summed E-state index contributed by atoms with van der Waals surface area (Å²) in [6.45, 7) is 10.4. The molecule has 1 heterocycles. The van der Waals surface area contributed by atoms with Gasteiger partial charge in [0.05, 0.1) is 0 Å². The minimum Gasteiger partial charge on any atom is -0.323 e. The van der Waals surface area contributed by atoms with Gasteiger partial charge in [0.15, 0.2) is 0 Å². The lowest BCUT2D eigenvalue weighted by atomic mass is 10.0. The third-order valence-corrected chi connectivity index (χ3v) is 0.937. The van der Waals surface area contributed by atoms with E-state index in [1.807, 2.05) is 0 Å². The molecule has 0 bridgehead atoms. The predicted molar refractivity (Wildman–Crippen MR) is 57.5 cm³/mol. The first-order chi connectivity index (χ1) is 6.20. The molecular weight excluding hydrogens is 180 g/mol. The van der Waals surface area contributed by atoms with E-state index in [4.69, 9.17) is 0 Å². The van der Waals surface area contributed by atoms with Crippen molar-refractivity contribution in [2.24, 2.45) is 5.41 Å². The normalized spacial score (nSPS) is 10.4. The van der Waals surface area contributed by atoms with Crippen molar-refractivity contribution >= 4 is 0 Å². The van der Waals surface area contributed by atoms with Crippen LogP contribution in [-0.2, 0) is 0 Å². The number of aromatic amines is 2. The van der Waals surface area contributed by atoms with Crippen molar-refractivity contribution in [3.05, 3.63) is 32.6 Å². The molecule has 1 aromatic rings. The zero-order valence-corrected chi connectivity index (χ0v) is 9.39. The van der Waals surface area contributed by atoms with Crippen LogP contribution in [0.5, 0.6) is 0 Å². The lowest BCUT2D eigenvalue weighted by Gasteiger charge is -2.05. The summed E-state index contributed by atoms with van der Waals surface area (Å²) in [4.78, 5) is 25.4. The van der Waals surface area contributed by atoms with E-state index in [2.05, 4.69) is 37.7 Å². The molecule has 0 amide bonds. The molecule has 0 saturated heterocycles. The Morgan fingerprint density at radius 3 is 1.79 bits per heavy atom. The quantitative estimate of drug-likeness (QED) is 0.619. The van der Waals surface area contributed by atoms with Gasteiger partial charge in [-0.1, -0.05) is 27.7 Å². The van der Waals surface area contributed by atoms with Crippen LogP contribution in [0.4, 0.5) is 0 Å². The Morgan fingerprint density at radius 2 is 1.50 bits per heavy atom. The van der Waals surface area contributed by atoms with Crippen LogP contribution in [-0.4, -0.2) is 9.97 Å². The van der Waals surface area contributed by atoms with E-state index in [-0.39, 0.29) is 0 Å². The first kappa shape index (κ1) is 12.7. The fourth-order valence-electron chi connectivity index (χ4n) is 0.511. The number of rotatable bonds is 0. The van der Waals surface area contributed by atoms with E-state index >= 15 is 0 Å². The van der Waals surface area contributed by atoms with Crippen molar-refractivity contribution in [3.8, 4) is 0 Å². The van der Waals surface area contributed by atoms with E-state index in [1.165, 1.54) is 6.20 Å². The summed E-state index contributed by atoms with van der Waals surface area (Å²) < 4.78 is 0. The predicted octanol–water partition coefficient (Wildman–Crippen LogP) is 1.42. The van der Waals surface area contributed by atoms with Gasteiger partial charge in [-0.05, 0) is 12.3 Å². The molecule has 14 heavy (non-hydrogen) atoms. The van der Waals surface area contributed by atoms with E-state index < -0.39 is 11.1 Å². The zero-order valence-electron chi connectivity index (χ0n) is 9.39. The molecule has 0 atom stereocenters. The van der Waals surface area contributed by atoms with Gasteiger partial charge in [0.2, 0.25) is 0 Å². The molecule has 4 heteroatoms. The summed E-state index contributed by atoms with van der Waals surface area (Å²) in [6, 6.07) is 0. The maximum atomic E-state index is 10.4. The minimum absolute atomic E-state index is 0.500. The van der Waals surface area contributed by atoms with Crippen molar-refractivity contribution in [3.63, 3.8) is 0 Å². The molecule has 0 fully saturated rings. The van der Waals surface area contributed by atoms with Gasteiger partial charge in [0.1, 0.15) is 0 Å². The molecule has 0 aliphatic heterocycles. The molecule has 1 aromatic heterocycles. The molecule has 0 radical (unpaired) electrons. The highest BCUT2D eigenvalue weighted by Gasteiger charge is 1.95. The number of aryl methyl sites for hydroxylation is 1. The van der Waals surface area contributed by atoms with E-state index in [1.54, 1.807) is 6.92 Å². The second-order valence-electron chi connectivity index (χ2n) is 4.75. The SMILES string of the molecule is CC(C)(C)C.Cc1c[nH]c(=O)c(=O)[nH]1. The number of nitrogens with one attached hydrogen (secondary N) is 2. The average Bonchev–Trinajstić information content (AvgIpc) is 1.94.